The van der Waals surface area contributed by atoms with Crippen molar-refractivity contribution in [3.63, 3.8) is 0 Å². The van der Waals surface area contributed by atoms with E-state index in [1.54, 1.807) is 11.3 Å². The van der Waals surface area contributed by atoms with Crippen LogP contribution in [0.5, 0.6) is 0 Å². The van der Waals surface area contributed by atoms with Gasteiger partial charge in [0.2, 0.25) is 5.91 Å². The van der Waals surface area contributed by atoms with Crippen LogP contribution in [0.4, 0.5) is 0 Å². The van der Waals surface area contributed by atoms with E-state index >= 15 is 0 Å². The lowest BCUT2D eigenvalue weighted by molar-refractivity contribution is -0.120. The summed E-state index contributed by atoms with van der Waals surface area (Å²) in [6, 6.07) is 9.76. The van der Waals surface area contributed by atoms with Gasteiger partial charge in [-0.1, -0.05) is 35.5 Å². The molecule has 1 N–H and O–H groups in total. The van der Waals surface area contributed by atoms with Crippen molar-refractivity contribution in [2.75, 3.05) is 0 Å². The van der Waals surface area contributed by atoms with E-state index < -0.39 is 0 Å². The third-order valence-electron chi connectivity index (χ3n) is 3.79. The van der Waals surface area contributed by atoms with E-state index in [0.29, 0.717) is 29.9 Å². The van der Waals surface area contributed by atoms with Crippen LogP contribution in [0.3, 0.4) is 0 Å². The molecule has 1 fully saturated rings. The van der Waals surface area contributed by atoms with E-state index in [0.717, 1.165) is 10.6 Å². The molecule has 1 saturated carbocycles. The molecule has 7 heteroatoms. The molecule has 1 aliphatic rings. The van der Waals surface area contributed by atoms with Gasteiger partial charge in [0.1, 0.15) is 5.69 Å². The fraction of sp³-hybridized carbons (Fsp3) is 0.294. The molecule has 0 saturated heterocycles. The number of hydrogen-bond donors (Lipinski definition) is 1. The van der Waals surface area contributed by atoms with Crippen LogP contribution in [0, 0.1) is 0 Å². The zero-order valence-electron chi connectivity index (χ0n) is 12.9. The molecule has 122 valence electrons. The van der Waals surface area contributed by atoms with Crippen molar-refractivity contribution < 1.29 is 9.32 Å². The molecular formula is C17H16N4O2S. The second-order valence-electron chi connectivity index (χ2n) is 5.80. The quantitative estimate of drug-likeness (QED) is 0.746. The first-order chi connectivity index (χ1) is 11.8. The maximum atomic E-state index is 12.0. The fourth-order valence-electron chi connectivity index (χ4n) is 2.34. The minimum Gasteiger partial charge on any atom is -0.352 e. The van der Waals surface area contributed by atoms with Gasteiger partial charge in [-0.2, -0.15) is 4.98 Å². The Morgan fingerprint density at radius 1 is 1.25 bits per heavy atom. The number of benzene rings is 1. The van der Waals surface area contributed by atoms with E-state index in [9.17, 15) is 4.79 Å². The van der Waals surface area contributed by atoms with Crippen molar-refractivity contribution in [3.8, 4) is 11.6 Å². The number of aromatic nitrogens is 3. The Kier molecular flexibility index (Phi) is 4.08. The molecule has 2 aromatic heterocycles. The molecule has 3 aromatic rings. The van der Waals surface area contributed by atoms with Crippen LogP contribution >= 0.6 is 11.3 Å². The molecule has 6 nitrogen and oxygen atoms in total. The molecule has 0 unspecified atom stereocenters. The van der Waals surface area contributed by atoms with E-state index in [1.807, 2.05) is 35.7 Å². The topological polar surface area (TPSA) is 80.9 Å². The fourth-order valence-corrected chi connectivity index (χ4v) is 3.30. The SMILES string of the molecule is O=C(Cc1noc(-c2csc(C3CC3)n2)n1)NCc1ccccc1. The molecule has 0 radical (unpaired) electrons. The van der Waals surface area contributed by atoms with Crippen LogP contribution in [0.15, 0.2) is 40.2 Å². The summed E-state index contributed by atoms with van der Waals surface area (Å²) in [7, 11) is 0. The number of carbonyl (C=O) groups excluding carboxylic acids is 1. The number of thiazole rings is 1. The Labute approximate surface area is 142 Å². The summed E-state index contributed by atoms with van der Waals surface area (Å²) in [5.74, 6) is 1.22. The lowest BCUT2D eigenvalue weighted by atomic mass is 10.2. The van der Waals surface area contributed by atoms with Crippen LogP contribution in [-0.2, 0) is 17.8 Å². The molecule has 0 atom stereocenters. The van der Waals surface area contributed by atoms with Gasteiger partial charge in [-0.15, -0.1) is 11.3 Å². The largest absolute Gasteiger partial charge is 0.352 e. The van der Waals surface area contributed by atoms with E-state index in [-0.39, 0.29) is 12.3 Å². The third kappa shape index (κ3) is 3.51. The Morgan fingerprint density at radius 2 is 2.08 bits per heavy atom. The van der Waals surface area contributed by atoms with Crippen LogP contribution in [0.2, 0.25) is 0 Å². The maximum Gasteiger partial charge on any atom is 0.277 e. The van der Waals surface area contributed by atoms with Crippen LogP contribution in [0.1, 0.15) is 35.2 Å². The zero-order valence-corrected chi connectivity index (χ0v) is 13.8. The van der Waals surface area contributed by atoms with Crippen molar-refractivity contribution in [3.05, 3.63) is 52.1 Å². The van der Waals surface area contributed by atoms with E-state index in [4.69, 9.17) is 4.52 Å². The van der Waals surface area contributed by atoms with Crippen molar-refractivity contribution in [2.45, 2.75) is 31.7 Å². The number of nitrogens with zero attached hydrogens (tertiary/aromatic N) is 3. The van der Waals surface area contributed by atoms with Crippen molar-refractivity contribution >= 4 is 17.2 Å². The average Bonchev–Trinajstić information content (AvgIpc) is 3.15. The summed E-state index contributed by atoms with van der Waals surface area (Å²) in [5.41, 5.74) is 1.75. The molecule has 2 heterocycles. The van der Waals surface area contributed by atoms with Gasteiger partial charge in [0.25, 0.3) is 5.89 Å². The van der Waals surface area contributed by atoms with E-state index in [1.165, 1.54) is 12.8 Å². The Morgan fingerprint density at radius 3 is 2.88 bits per heavy atom. The van der Waals surface area contributed by atoms with Crippen molar-refractivity contribution in [1.29, 1.82) is 0 Å². The van der Waals surface area contributed by atoms with Crippen LogP contribution in [0.25, 0.3) is 11.6 Å². The van der Waals surface area contributed by atoms with Gasteiger partial charge >= 0.3 is 0 Å². The Balaban J connectivity index is 1.35. The predicted octanol–water partition coefficient (Wildman–Crippen LogP) is 2.93. The number of carbonyl (C=O) groups is 1. The first-order valence-corrected chi connectivity index (χ1v) is 8.75. The number of nitrogens with one attached hydrogen (secondary N) is 1. The van der Waals surface area contributed by atoms with Gasteiger partial charge in [-0.05, 0) is 18.4 Å². The third-order valence-corrected chi connectivity index (χ3v) is 4.79. The average molecular weight is 340 g/mol. The number of hydrogen-bond acceptors (Lipinski definition) is 6. The van der Waals surface area contributed by atoms with Gasteiger partial charge in [0.15, 0.2) is 5.82 Å². The highest BCUT2D eigenvalue weighted by atomic mass is 32.1. The Hall–Kier alpha value is -2.54. The monoisotopic (exact) mass is 340 g/mol. The summed E-state index contributed by atoms with van der Waals surface area (Å²) in [4.78, 5) is 20.8. The van der Waals surface area contributed by atoms with Gasteiger partial charge in [-0.3, -0.25) is 4.79 Å². The van der Waals surface area contributed by atoms with Crippen LogP contribution < -0.4 is 5.32 Å². The normalized spacial score (nSPS) is 13.8. The molecule has 0 bridgehead atoms. The van der Waals surface area contributed by atoms with Gasteiger partial charge < -0.3 is 9.84 Å². The number of amides is 1. The molecule has 0 spiro atoms. The molecule has 0 aliphatic heterocycles. The number of rotatable bonds is 6. The van der Waals surface area contributed by atoms with Gasteiger partial charge in [-0.25, -0.2) is 4.98 Å². The standard InChI is InChI=1S/C17H16N4O2S/c22-15(18-9-11-4-2-1-3-5-11)8-14-20-16(23-21-14)13-10-24-17(19-13)12-6-7-12/h1-5,10,12H,6-9H2,(H,18,22). The summed E-state index contributed by atoms with van der Waals surface area (Å²) in [6.07, 6.45) is 2.52. The van der Waals surface area contributed by atoms with Crippen molar-refractivity contribution in [2.24, 2.45) is 0 Å². The molecule has 1 amide bonds. The maximum absolute atomic E-state index is 12.0. The van der Waals surface area contributed by atoms with E-state index in [2.05, 4.69) is 20.4 Å². The zero-order chi connectivity index (χ0) is 16.4. The van der Waals surface area contributed by atoms with Crippen LogP contribution in [-0.4, -0.2) is 21.0 Å². The predicted molar refractivity (Wildman–Crippen MR) is 89.4 cm³/mol. The highest BCUT2D eigenvalue weighted by Crippen LogP contribution is 2.42. The molecule has 4 rings (SSSR count). The van der Waals surface area contributed by atoms with Gasteiger partial charge in [0.05, 0.1) is 11.4 Å². The Bertz CT molecular complexity index is 839. The molecule has 24 heavy (non-hydrogen) atoms. The highest BCUT2D eigenvalue weighted by molar-refractivity contribution is 7.10. The van der Waals surface area contributed by atoms with Gasteiger partial charge in [0, 0.05) is 17.8 Å². The molecule has 1 aliphatic carbocycles. The summed E-state index contributed by atoms with van der Waals surface area (Å²) in [5, 5.41) is 9.79. The summed E-state index contributed by atoms with van der Waals surface area (Å²) >= 11 is 1.63. The summed E-state index contributed by atoms with van der Waals surface area (Å²) < 4.78 is 5.23. The molecule has 1 aromatic carbocycles. The highest BCUT2D eigenvalue weighted by Gasteiger charge is 2.27. The first kappa shape index (κ1) is 15.0. The lowest BCUT2D eigenvalue weighted by Gasteiger charge is -2.03. The smallest absolute Gasteiger partial charge is 0.277 e. The van der Waals surface area contributed by atoms with Crippen molar-refractivity contribution in [1.82, 2.24) is 20.4 Å². The molecular weight excluding hydrogens is 324 g/mol. The first-order valence-electron chi connectivity index (χ1n) is 7.87. The summed E-state index contributed by atoms with van der Waals surface area (Å²) in [6.45, 7) is 0.487. The second-order valence-corrected chi connectivity index (χ2v) is 6.69. The second kappa shape index (κ2) is 6.52. The minimum absolute atomic E-state index is 0.0932. The minimum atomic E-state index is -0.136. The lowest BCUT2D eigenvalue weighted by Crippen LogP contribution is -2.24.